The predicted octanol–water partition coefficient (Wildman–Crippen LogP) is 4.67. The molecule has 47 heavy (non-hydrogen) atoms. The Morgan fingerprint density at radius 3 is 2.13 bits per heavy atom. The Bertz CT molecular complexity index is 1810. The van der Waals surface area contributed by atoms with Gasteiger partial charge in [0.15, 0.2) is 0 Å². The van der Waals surface area contributed by atoms with Crippen LogP contribution in [0.4, 0.5) is 4.79 Å². The molecule has 11 nitrogen and oxygen atoms in total. The lowest BCUT2D eigenvalue weighted by atomic mass is 10.0. The molecule has 3 aromatic carbocycles. The number of nitrogens with zero attached hydrogens (tertiary/aromatic N) is 4. The molecule has 0 aliphatic carbocycles. The van der Waals surface area contributed by atoms with Gasteiger partial charge >= 0.3 is 12.1 Å². The highest BCUT2D eigenvalue weighted by atomic mass is 16.6. The zero-order chi connectivity index (χ0) is 33.4. The third-order valence-corrected chi connectivity index (χ3v) is 7.49. The molecule has 0 fully saturated rings. The van der Waals surface area contributed by atoms with Gasteiger partial charge in [0, 0.05) is 29.9 Å². The van der Waals surface area contributed by atoms with Gasteiger partial charge in [-0.15, -0.1) is 5.10 Å². The normalized spacial score (nSPS) is 12.7. The molecule has 11 heteroatoms. The van der Waals surface area contributed by atoms with Gasteiger partial charge in [-0.1, -0.05) is 84.1 Å². The molecule has 2 aromatic heterocycles. The van der Waals surface area contributed by atoms with Gasteiger partial charge in [-0.25, -0.2) is 14.3 Å². The van der Waals surface area contributed by atoms with Crippen molar-refractivity contribution in [3.05, 3.63) is 120 Å². The van der Waals surface area contributed by atoms with Crippen molar-refractivity contribution in [2.75, 3.05) is 7.11 Å². The van der Waals surface area contributed by atoms with Crippen molar-refractivity contribution < 1.29 is 23.9 Å². The predicted molar refractivity (Wildman–Crippen MR) is 178 cm³/mol. The number of amides is 2. The number of alkyl carbamates (subject to hydrolysis) is 1. The summed E-state index contributed by atoms with van der Waals surface area (Å²) in [5, 5.41) is 15.2. The second-order valence-electron chi connectivity index (χ2n) is 12.4. The molecular formula is C36H40N6O5. The maximum Gasteiger partial charge on any atom is 0.408 e. The van der Waals surface area contributed by atoms with Gasteiger partial charge < -0.3 is 24.7 Å². The number of nitrogens with one attached hydrogen (secondary N) is 2. The molecule has 5 aromatic rings. The summed E-state index contributed by atoms with van der Waals surface area (Å²) in [7, 11) is 1.28. The van der Waals surface area contributed by atoms with E-state index in [-0.39, 0.29) is 12.8 Å². The summed E-state index contributed by atoms with van der Waals surface area (Å²) in [6, 6.07) is 25.2. The Hall–Kier alpha value is -5.45. The molecule has 0 spiro atoms. The number of hydrogen-bond donors (Lipinski definition) is 2. The molecule has 0 aliphatic rings. The Kier molecular flexibility index (Phi) is 10.3. The van der Waals surface area contributed by atoms with E-state index in [1.54, 1.807) is 25.5 Å². The summed E-state index contributed by atoms with van der Waals surface area (Å²) < 4.78 is 14.4. The highest BCUT2D eigenvalue weighted by Crippen LogP contribution is 2.24. The summed E-state index contributed by atoms with van der Waals surface area (Å²) in [6.45, 7) is 6.30. The second-order valence-corrected chi connectivity index (χ2v) is 12.4. The first-order valence-corrected chi connectivity index (χ1v) is 15.5. The fraction of sp³-hybridized carbons (Fsp3) is 0.306. The summed E-state index contributed by atoms with van der Waals surface area (Å²) in [4.78, 5) is 39.5. The Morgan fingerprint density at radius 2 is 1.45 bits per heavy atom. The number of aromatic nitrogens is 4. The largest absolute Gasteiger partial charge is 0.467 e. The summed E-state index contributed by atoms with van der Waals surface area (Å²) in [5.74, 6) is -1.13. The number of para-hydroxylation sites is 1. The van der Waals surface area contributed by atoms with Crippen LogP contribution < -0.4 is 10.6 Å². The Balaban J connectivity index is 1.39. The molecule has 5 rings (SSSR count). The summed E-state index contributed by atoms with van der Waals surface area (Å²) in [6.07, 6.45) is 3.50. The number of methoxy groups -OCH3 is 1. The molecule has 0 radical (unpaired) electrons. The third kappa shape index (κ3) is 9.06. The molecule has 2 atom stereocenters. The van der Waals surface area contributed by atoms with Crippen LogP contribution >= 0.6 is 0 Å². The molecule has 2 N–H and O–H groups in total. The van der Waals surface area contributed by atoms with Crippen LogP contribution in [0.15, 0.2) is 97.3 Å². The lowest BCUT2D eigenvalue weighted by Crippen LogP contribution is -2.53. The minimum Gasteiger partial charge on any atom is -0.467 e. The van der Waals surface area contributed by atoms with Crippen LogP contribution in [0, 0.1) is 0 Å². The first kappa shape index (κ1) is 32.9. The Morgan fingerprint density at radius 1 is 0.787 bits per heavy atom. The van der Waals surface area contributed by atoms with Gasteiger partial charge in [-0.05, 0) is 43.5 Å². The lowest BCUT2D eigenvalue weighted by molar-refractivity contribution is -0.145. The minimum absolute atomic E-state index is 0.137. The molecule has 2 amide bonds. The van der Waals surface area contributed by atoms with Crippen molar-refractivity contribution in [3.8, 4) is 0 Å². The highest BCUT2D eigenvalue weighted by Gasteiger charge is 2.30. The fourth-order valence-corrected chi connectivity index (χ4v) is 5.39. The Labute approximate surface area is 273 Å². The van der Waals surface area contributed by atoms with Gasteiger partial charge in [-0.2, -0.15) is 0 Å². The number of carbonyl (C=O) groups excluding carboxylic acids is 3. The van der Waals surface area contributed by atoms with E-state index in [4.69, 9.17) is 9.47 Å². The van der Waals surface area contributed by atoms with Crippen LogP contribution in [0.1, 0.15) is 43.2 Å². The van der Waals surface area contributed by atoms with Gasteiger partial charge in [0.05, 0.1) is 26.4 Å². The second kappa shape index (κ2) is 14.8. The van der Waals surface area contributed by atoms with Crippen LogP contribution in [0.2, 0.25) is 0 Å². The quantitative estimate of drug-likeness (QED) is 0.191. The van der Waals surface area contributed by atoms with Gasteiger partial charge in [0.2, 0.25) is 5.91 Å². The van der Waals surface area contributed by atoms with Crippen molar-refractivity contribution in [1.82, 2.24) is 30.2 Å². The number of hydrogen-bond acceptors (Lipinski definition) is 7. The van der Waals surface area contributed by atoms with E-state index < -0.39 is 35.7 Å². The number of rotatable bonds is 12. The summed E-state index contributed by atoms with van der Waals surface area (Å²) >= 11 is 0. The van der Waals surface area contributed by atoms with Crippen LogP contribution in [0.25, 0.3) is 10.9 Å². The van der Waals surface area contributed by atoms with Crippen LogP contribution in [-0.2, 0) is 45.0 Å². The average Bonchev–Trinajstić information content (AvgIpc) is 3.63. The molecule has 0 bridgehead atoms. The van der Waals surface area contributed by atoms with E-state index in [2.05, 4.69) is 25.5 Å². The van der Waals surface area contributed by atoms with E-state index in [0.29, 0.717) is 13.1 Å². The standard InChI is InChI=1S/C36H40N6O5/c1-36(2,3)47-35(45)38-30(33(43)37-31(34(44)46-4)19-25-13-7-5-8-14-25)20-27-22-41(32-18-12-11-17-29(27)32)23-28-24-42(40-39-28)21-26-15-9-6-10-16-26/h5-18,22,24,30-31H,19-21,23H2,1-4H3,(H,37,43)(H,38,45)/t30-,31-/m0/s1. The van der Waals surface area contributed by atoms with E-state index in [1.807, 2.05) is 97.3 Å². The van der Waals surface area contributed by atoms with Crippen molar-refractivity contribution in [1.29, 1.82) is 0 Å². The topological polar surface area (TPSA) is 129 Å². The first-order chi connectivity index (χ1) is 22.6. The van der Waals surface area contributed by atoms with Crippen LogP contribution in [-0.4, -0.2) is 62.3 Å². The highest BCUT2D eigenvalue weighted by molar-refractivity contribution is 5.91. The molecule has 244 valence electrons. The monoisotopic (exact) mass is 636 g/mol. The number of esters is 1. The molecule has 0 saturated carbocycles. The smallest absolute Gasteiger partial charge is 0.408 e. The number of ether oxygens (including phenoxy) is 2. The van der Waals surface area contributed by atoms with Crippen molar-refractivity contribution >= 4 is 28.9 Å². The molecule has 0 unspecified atom stereocenters. The van der Waals surface area contributed by atoms with Crippen LogP contribution in [0.5, 0.6) is 0 Å². The van der Waals surface area contributed by atoms with E-state index in [1.165, 1.54) is 7.11 Å². The van der Waals surface area contributed by atoms with Crippen molar-refractivity contribution in [2.45, 2.75) is 64.4 Å². The van der Waals surface area contributed by atoms with E-state index >= 15 is 0 Å². The van der Waals surface area contributed by atoms with E-state index in [9.17, 15) is 14.4 Å². The molecule has 0 saturated heterocycles. The zero-order valence-electron chi connectivity index (χ0n) is 27.1. The first-order valence-electron chi connectivity index (χ1n) is 15.5. The van der Waals surface area contributed by atoms with Gasteiger partial charge in [-0.3, -0.25) is 4.79 Å². The molecule has 2 heterocycles. The lowest BCUT2D eigenvalue weighted by Gasteiger charge is -2.25. The van der Waals surface area contributed by atoms with Gasteiger partial charge in [0.25, 0.3) is 0 Å². The molecule has 0 aliphatic heterocycles. The van der Waals surface area contributed by atoms with E-state index in [0.717, 1.165) is 33.3 Å². The summed E-state index contributed by atoms with van der Waals surface area (Å²) in [5.41, 5.74) is 3.73. The van der Waals surface area contributed by atoms with Crippen molar-refractivity contribution in [3.63, 3.8) is 0 Å². The third-order valence-electron chi connectivity index (χ3n) is 7.49. The fourth-order valence-electron chi connectivity index (χ4n) is 5.39. The maximum atomic E-state index is 13.8. The maximum absolute atomic E-state index is 13.8. The zero-order valence-corrected chi connectivity index (χ0v) is 27.1. The SMILES string of the molecule is COC(=O)[C@H](Cc1ccccc1)NC(=O)[C@H](Cc1cn(Cc2cn(Cc3ccccc3)nn2)c2ccccc12)NC(=O)OC(C)(C)C. The average molecular weight is 637 g/mol. The number of benzene rings is 3. The van der Waals surface area contributed by atoms with Crippen LogP contribution in [0.3, 0.4) is 0 Å². The van der Waals surface area contributed by atoms with Gasteiger partial charge in [0.1, 0.15) is 23.4 Å². The minimum atomic E-state index is -1.06. The number of fused-ring (bicyclic) bond motifs is 1. The van der Waals surface area contributed by atoms with Crippen molar-refractivity contribution in [2.24, 2.45) is 0 Å². The number of carbonyl (C=O) groups is 3. The molecular weight excluding hydrogens is 596 g/mol.